The van der Waals surface area contributed by atoms with E-state index in [9.17, 15) is 13.5 Å². The van der Waals surface area contributed by atoms with Crippen molar-refractivity contribution in [3.05, 3.63) is 23.8 Å². The summed E-state index contributed by atoms with van der Waals surface area (Å²) < 4.78 is 25.9. The fraction of sp³-hybridized carbons (Fsp3) is 0.455. The Morgan fingerprint density at radius 3 is 2.76 bits per heavy atom. The average molecular weight is 256 g/mol. The Bertz CT molecular complexity index is 528. The molecule has 0 saturated carbocycles. The minimum atomic E-state index is -3.53. The minimum absolute atomic E-state index is 0.163. The molecule has 0 unspecified atom stereocenters. The summed E-state index contributed by atoms with van der Waals surface area (Å²) in [6, 6.07) is 4.83. The van der Waals surface area contributed by atoms with E-state index in [1.165, 1.54) is 10.4 Å². The van der Waals surface area contributed by atoms with Crippen molar-refractivity contribution in [2.24, 2.45) is 0 Å². The molecule has 0 radical (unpaired) electrons. The molecule has 1 atom stereocenters. The molecule has 0 spiro atoms. The zero-order valence-corrected chi connectivity index (χ0v) is 10.4. The number of hydrogen-bond acceptors (Lipinski definition) is 4. The molecule has 17 heavy (non-hydrogen) atoms. The van der Waals surface area contributed by atoms with Gasteiger partial charge in [-0.1, -0.05) is 6.07 Å². The van der Waals surface area contributed by atoms with E-state index in [2.05, 4.69) is 0 Å². The first kappa shape index (κ1) is 12.3. The maximum absolute atomic E-state index is 12.3. The van der Waals surface area contributed by atoms with Gasteiger partial charge >= 0.3 is 0 Å². The molecule has 6 heteroatoms. The number of nitrogens with zero attached hydrogens (tertiary/aromatic N) is 1. The zero-order valence-electron chi connectivity index (χ0n) is 9.63. The van der Waals surface area contributed by atoms with Crippen LogP contribution in [0.4, 0.5) is 5.69 Å². The van der Waals surface area contributed by atoms with Crippen LogP contribution in [0.5, 0.6) is 0 Å². The number of benzene rings is 1. The van der Waals surface area contributed by atoms with Crippen molar-refractivity contribution < 1.29 is 13.5 Å². The van der Waals surface area contributed by atoms with E-state index in [1.807, 2.05) is 0 Å². The average Bonchev–Trinajstić information content (AvgIpc) is 2.69. The lowest BCUT2D eigenvalue weighted by Gasteiger charge is -2.17. The number of aryl methyl sites for hydroxylation is 1. The van der Waals surface area contributed by atoms with Crippen molar-refractivity contribution in [2.75, 3.05) is 18.8 Å². The second-order valence-electron chi connectivity index (χ2n) is 4.33. The van der Waals surface area contributed by atoms with Crippen LogP contribution >= 0.6 is 0 Å². The Morgan fingerprint density at radius 2 is 2.18 bits per heavy atom. The minimum Gasteiger partial charge on any atom is -0.399 e. The van der Waals surface area contributed by atoms with Gasteiger partial charge in [-0.25, -0.2) is 8.42 Å². The van der Waals surface area contributed by atoms with Crippen molar-refractivity contribution in [2.45, 2.75) is 24.3 Å². The third kappa shape index (κ3) is 2.29. The van der Waals surface area contributed by atoms with E-state index in [-0.39, 0.29) is 11.4 Å². The smallest absolute Gasteiger partial charge is 0.243 e. The van der Waals surface area contributed by atoms with E-state index >= 15 is 0 Å². The molecule has 1 aliphatic heterocycles. The Morgan fingerprint density at radius 1 is 1.47 bits per heavy atom. The zero-order chi connectivity index (χ0) is 12.6. The second-order valence-corrected chi connectivity index (χ2v) is 6.24. The van der Waals surface area contributed by atoms with Crippen LogP contribution in [-0.4, -0.2) is 37.0 Å². The molecular formula is C11H16N2O3S. The van der Waals surface area contributed by atoms with Crippen LogP contribution < -0.4 is 5.73 Å². The fourth-order valence-electron chi connectivity index (χ4n) is 1.96. The van der Waals surface area contributed by atoms with Crippen molar-refractivity contribution in [3.8, 4) is 0 Å². The molecular weight excluding hydrogens is 240 g/mol. The molecule has 1 saturated heterocycles. The maximum atomic E-state index is 12.3. The van der Waals surface area contributed by atoms with E-state index in [4.69, 9.17) is 5.73 Å². The van der Waals surface area contributed by atoms with Crippen LogP contribution in [0.15, 0.2) is 23.1 Å². The predicted molar refractivity (Wildman–Crippen MR) is 65.0 cm³/mol. The second kappa shape index (κ2) is 4.29. The van der Waals surface area contributed by atoms with Crippen LogP contribution in [0.2, 0.25) is 0 Å². The number of aliphatic hydroxyl groups is 1. The highest BCUT2D eigenvalue weighted by molar-refractivity contribution is 7.89. The Hall–Kier alpha value is -1.11. The molecule has 1 heterocycles. The third-order valence-electron chi connectivity index (χ3n) is 2.96. The van der Waals surface area contributed by atoms with Crippen LogP contribution in [-0.2, 0) is 10.0 Å². The van der Waals surface area contributed by atoms with Crippen LogP contribution in [0.1, 0.15) is 12.0 Å². The van der Waals surface area contributed by atoms with Gasteiger partial charge < -0.3 is 10.8 Å². The summed E-state index contributed by atoms with van der Waals surface area (Å²) in [4.78, 5) is 0.228. The van der Waals surface area contributed by atoms with Crippen molar-refractivity contribution in [3.63, 3.8) is 0 Å². The Labute approximate surface area is 101 Å². The lowest BCUT2D eigenvalue weighted by Crippen LogP contribution is -2.30. The Kier molecular flexibility index (Phi) is 3.11. The van der Waals surface area contributed by atoms with E-state index < -0.39 is 16.1 Å². The lowest BCUT2D eigenvalue weighted by molar-refractivity contribution is 0.189. The molecule has 0 amide bonds. The largest absolute Gasteiger partial charge is 0.399 e. The standard InChI is InChI=1S/C11H16N2O3S/c1-8-2-3-9(12)6-11(8)17(15,16)13-5-4-10(14)7-13/h2-3,6,10,14H,4-5,7,12H2,1H3/t10-/m1/s1. The van der Waals surface area contributed by atoms with Gasteiger partial charge in [0, 0.05) is 18.8 Å². The van der Waals surface area contributed by atoms with Crippen molar-refractivity contribution in [1.82, 2.24) is 4.31 Å². The third-order valence-corrected chi connectivity index (χ3v) is 4.96. The summed E-state index contributed by atoms with van der Waals surface area (Å²) in [6.07, 6.45) is -0.0771. The van der Waals surface area contributed by atoms with Crippen LogP contribution in [0.25, 0.3) is 0 Å². The summed E-state index contributed by atoms with van der Waals surface area (Å²) in [7, 11) is -3.53. The molecule has 2 rings (SSSR count). The SMILES string of the molecule is Cc1ccc(N)cc1S(=O)(=O)N1CC[C@@H](O)C1. The quantitative estimate of drug-likeness (QED) is 0.747. The monoisotopic (exact) mass is 256 g/mol. The van der Waals surface area contributed by atoms with Gasteiger partial charge in [0.05, 0.1) is 11.0 Å². The van der Waals surface area contributed by atoms with Gasteiger partial charge in [-0.3, -0.25) is 0 Å². The number of β-amino-alcohol motifs (C(OH)–C–C–N with tert-alkyl or cyclic N) is 1. The molecule has 94 valence electrons. The van der Waals surface area contributed by atoms with Gasteiger partial charge in [-0.15, -0.1) is 0 Å². The number of anilines is 1. The first-order chi connectivity index (χ1) is 7.91. The molecule has 1 fully saturated rings. The summed E-state index contributed by atoms with van der Waals surface area (Å²) in [5, 5.41) is 9.40. The lowest BCUT2D eigenvalue weighted by atomic mass is 10.2. The molecule has 3 N–H and O–H groups in total. The summed E-state index contributed by atoms with van der Waals surface area (Å²) in [5.74, 6) is 0. The predicted octanol–water partition coefficient (Wildman–Crippen LogP) is 0.333. The number of aliphatic hydroxyl groups excluding tert-OH is 1. The first-order valence-electron chi connectivity index (χ1n) is 5.45. The molecule has 1 aliphatic rings. The maximum Gasteiger partial charge on any atom is 0.243 e. The van der Waals surface area contributed by atoms with E-state index in [1.54, 1.807) is 19.1 Å². The number of rotatable bonds is 2. The highest BCUT2D eigenvalue weighted by atomic mass is 32.2. The first-order valence-corrected chi connectivity index (χ1v) is 6.89. The topological polar surface area (TPSA) is 83.6 Å². The van der Waals surface area contributed by atoms with Crippen molar-refractivity contribution in [1.29, 1.82) is 0 Å². The summed E-state index contributed by atoms with van der Waals surface area (Å²) in [5.41, 5.74) is 6.71. The molecule has 1 aromatic rings. The van der Waals surface area contributed by atoms with Gasteiger partial charge in [-0.05, 0) is 31.0 Å². The highest BCUT2D eigenvalue weighted by Gasteiger charge is 2.32. The van der Waals surface area contributed by atoms with Crippen LogP contribution in [0.3, 0.4) is 0 Å². The molecule has 0 bridgehead atoms. The van der Waals surface area contributed by atoms with Gasteiger partial charge in [0.2, 0.25) is 10.0 Å². The normalized spacial score (nSPS) is 21.9. The fourth-order valence-corrected chi connectivity index (χ4v) is 3.71. The highest BCUT2D eigenvalue weighted by Crippen LogP contribution is 2.25. The van der Waals surface area contributed by atoms with E-state index in [0.29, 0.717) is 24.2 Å². The van der Waals surface area contributed by atoms with Crippen LogP contribution in [0, 0.1) is 6.92 Å². The molecule has 0 aliphatic carbocycles. The van der Waals surface area contributed by atoms with Gasteiger partial charge in [0.25, 0.3) is 0 Å². The number of nitrogen functional groups attached to an aromatic ring is 1. The molecule has 1 aromatic carbocycles. The summed E-state index contributed by atoms with van der Waals surface area (Å²) in [6.45, 7) is 2.26. The summed E-state index contributed by atoms with van der Waals surface area (Å²) >= 11 is 0. The molecule has 0 aromatic heterocycles. The number of nitrogens with two attached hydrogens (primary N) is 1. The van der Waals surface area contributed by atoms with Gasteiger partial charge in [0.15, 0.2) is 0 Å². The molecule has 5 nitrogen and oxygen atoms in total. The van der Waals surface area contributed by atoms with Crippen molar-refractivity contribution >= 4 is 15.7 Å². The number of hydrogen-bond donors (Lipinski definition) is 2. The Balaban J connectivity index is 2.41. The van der Waals surface area contributed by atoms with E-state index in [0.717, 1.165) is 0 Å². The van der Waals surface area contributed by atoms with Gasteiger partial charge in [-0.2, -0.15) is 4.31 Å². The van der Waals surface area contributed by atoms with Gasteiger partial charge in [0.1, 0.15) is 0 Å². The number of sulfonamides is 1.